The van der Waals surface area contributed by atoms with E-state index in [2.05, 4.69) is 39.6 Å². The van der Waals surface area contributed by atoms with Crippen LogP contribution in [-0.2, 0) is 35.1 Å². The second-order valence-corrected chi connectivity index (χ2v) is 23.6. The van der Waals surface area contributed by atoms with Crippen molar-refractivity contribution in [2.24, 2.45) is 11.8 Å². The maximum absolute atomic E-state index is 16.3. The summed E-state index contributed by atoms with van der Waals surface area (Å²) in [6.07, 6.45) is 12.4. The number of rotatable bonds is 17. The minimum atomic E-state index is -2.99. The number of piperazine rings is 1. The third-order valence-electron chi connectivity index (χ3n) is 17.6. The maximum atomic E-state index is 16.3. The molecule has 3 atom stereocenters. The van der Waals surface area contributed by atoms with Crippen LogP contribution in [0.1, 0.15) is 161 Å². The second kappa shape index (κ2) is 32.8. The van der Waals surface area contributed by atoms with Gasteiger partial charge in [0.2, 0.25) is 24.1 Å². The van der Waals surface area contributed by atoms with Crippen molar-refractivity contribution >= 4 is 53.5 Å². The molecule has 87 heavy (non-hydrogen) atoms. The largest absolute Gasteiger partial charge is 0.375 e. The van der Waals surface area contributed by atoms with Gasteiger partial charge in [0.15, 0.2) is 0 Å². The van der Waals surface area contributed by atoms with Gasteiger partial charge in [-0.2, -0.15) is 5.10 Å². The average Bonchev–Trinajstić information content (AvgIpc) is 1.80. The Morgan fingerprint density at radius 3 is 2.00 bits per heavy atom. The van der Waals surface area contributed by atoms with Crippen molar-refractivity contribution in [2.75, 3.05) is 78.5 Å². The first-order valence-electron chi connectivity index (χ1n) is 31.2. The number of carbonyl (C=O) groups is 7. The average molecular weight is 1210 g/mol. The van der Waals surface area contributed by atoms with Crippen LogP contribution in [0.15, 0.2) is 65.5 Å². The van der Waals surface area contributed by atoms with Crippen LogP contribution in [0.3, 0.4) is 0 Å². The second-order valence-electron chi connectivity index (χ2n) is 23.6. The third kappa shape index (κ3) is 18.0. The number of halogens is 4. The number of amides is 6. The van der Waals surface area contributed by atoms with E-state index in [4.69, 9.17) is 9.53 Å². The van der Waals surface area contributed by atoms with E-state index in [0.29, 0.717) is 99.9 Å². The Labute approximate surface area is 507 Å². The molecule has 0 radical (unpaired) electrons. The van der Waals surface area contributed by atoms with Crippen molar-refractivity contribution in [1.82, 2.24) is 45.3 Å². The molecule has 4 aliphatic heterocycles. The number of piperidine rings is 3. The molecule has 4 aromatic rings. The number of fused-ring (bicyclic) bond motifs is 1. The van der Waals surface area contributed by atoms with Gasteiger partial charge in [-0.15, -0.1) is 0 Å². The van der Waals surface area contributed by atoms with Crippen LogP contribution < -0.4 is 16.2 Å². The van der Waals surface area contributed by atoms with Gasteiger partial charge < -0.3 is 39.8 Å². The van der Waals surface area contributed by atoms with E-state index < -0.39 is 59.6 Å². The Kier molecular flexibility index (Phi) is 25.4. The molecule has 2 aliphatic carbocycles. The molecule has 3 unspecified atom stereocenters. The van der Waals surface area contributed by atoms with E-state index in [0.717, 1.165) is 57.9 Å². The van der Waals surface area contributed by atoms with E-state index in [-0.39, 0.29) is 84.8 Å². The molecular weight excluding hydrogens is 1130 g/mol. The molecule has 2 saturated carbocycles. The molecule has 3 N–H and O–H groups in total. The number of unbranched alkanes of at least 4 members (excludes halogenated alkanes) is 1. The van der Waals surface area contributed by atoms with E-state index in [9.17, 15) is 42.3 Å². The number of hydrogen-bond donors (Lipinski definition) is 3. The van der Waals surface area contributed by atoms with Crippen LogP contribution in [-0.4, -0.2) is 180 Å². The smallest absolute Gasteiger partial charge is 0.272 e. The van der Waals surface area contributed by atoms with E-state index in [1.165, 1.54) is 35.9 Å². The molecule has 22 heteroatoms. The SMILES string of the molecule is C=O.CCCC.CCCNC=O.O=C(NC(C(=O)N1CCC(OC2CCN(CC(=O)N3CCN(C(=O)c4cc(Cc5n[nH]c(=O)c6ccccc56)ccc4F)CC3)CC2)CC1)C1CCCCC1)c1cccc(C2CCCN(C(=O)C3CC3(F)F)C2)c1F. The summed E-state index contributed by atoms with van der Waals surface area (Å²) in [5, 5.41) is 13.4. The molecule has 18 nitrogen and oxygen atoms in total. The fourth-order valence-electron chi connectivity index (χ4n) is 12.3. The number of benzene rings is 3. The Balaban J connectivity index is 0.000000826. The van der Waals surface area contributed by atoms with Crippen molar-refractivity contribution < 1.29 is 55.9 Å². The van der Waals surface area contributed by atoms with Crippen LogP contribution in [0.2, 0.25) is 0 Å². The molecule has 6 fully saturated rings. The number of H-pyrrole nitrogens is 1. The highest BCUT2D eigenvalue weighted by Gasteiger charge is 2.62. The van der Waals surface area contributed by atoms with Crippen molar-refractivity contribution in [3.8, 4) is 0 Å². The molecule has 4 saturated heterocycles. The fourth-order valence-corrected chi connectivity index (χ4v) is 12.3. The summed E-state index contributed by atoms with van der Waals surface area (Å²) < 4.78 is 65.4. The summed E-state index contributed by atoms with van der Waals surface area (Å²) in [7, 11) is 0. The number of alkyl halides is 2. The summed E-state index contributed by atoms with van der Waals surface area (Å²) in [6, 6.07) is 15.3. The summed E-state index contributed by atoms with van der Waals surface area (Å²) in [5.74, 6) is -8.13. The topological polar surface area (TPSA) is 215 Å². The molecule has 6 amide bonds. The van der Waals surface area contributed by atoms with Gasteiger partial charge >= 0.3 is 0 Å². The molecule has 1 aromatic heterocycles. The molecule has 0 bridgehead atoms. The van der Waals surface area contributed by atoms with Crippen molar-refractivity contribution in [3.05, 3.63) is 111 Å². The number of carbonyl (C=O) groups excluding carboxylic acids is 7. The lowest BCUT2D eigenvalue weighted by Gasteiger charge is -2.40. The highest BCUT2D eigenvalue weighted by atomic mass is 19.3. The number of nitrogens with one attached hydrogen (secondary N) is 3. The minimum absolute atomic E-state index is 0.00411. The van der Waals surface area contributed by atoms with Gasteiger partial charge in [-0.1, -0.05) is 89.3 Å². The molecular formula is C65H87F4N9O9. The van der Waals surface area contributed by atoms with Crippen molar-refractivity contribution in [2.45, 2.75) is 154 Å². The minimum Gasteiger partial charge on any atom is -0.375 e. The predicted molar refractivity (Wildman–Crippen MR) is 322 cm³/mol. The number of aromatic nitrogens is 2. The summed E-state index contributed by atoms with van der Waals surface area (Å²) in [4.78, 5) is 107. The van der Waals surface area contributed by atoms with Gasteiger partial charge in [0.05, 0.1) is 41.0 Å². The lowest BCUT2D eigenvalue weighted by molar-refractivity contribution is -0.140. The third-order valence-corrected chi connectivity index (χ3v) is 17.6. The van der Waals surface area contributed by atoms with E-state index in [1.54, 1.807) is 45.0 Å². The molecule has 10 rings (SSSR count). The standard InChI is InChI=1S/C56H66F4N8O7.C4H9NO.C4H10.CH2O/c57-46-16-15-35(31-47-41-11-4-5-12-42(41)52(71)63-62-47)30-44(46)53(72)67-28-26-65(27-29-67)48(69)34-64-22-17-38(18-23-64)75-39-19-24-66(25-20-39)55(74)50(36-8-2-1-3-9-36)61-51(70)43-14-6-13-40(49(43)58)37-10-7-21-68(33-37)54(73)45-32-56(45,59)60;1-2-3-5-4-6;1-3-4-2;1-2/h4-6,11-16,30,36-39,45,50H,1-3,7-10,17-29,31-34H2,(H,61,70)(H,63,71);4H,2-3H2,1H3,(H,5,6);3-4H2,1-2H3;1H2. The monoisotopic (exact) mass is 1210 g/mol. The van der Waals surface area contributed by atoms with Gasteiger partial charge in [0.1, 0.15) is 30.4 Å². The number of ether oxygens (including phenoxy) is 1. The lowest BCUT2D eigenvalue weighted by Crippen LogP contribution is -2.55. The van der Waals surface area contributed by atoms with Gasteiger partial charge in [0.25, 0.3) is 23.3 Å². The quantitative estimate of drug-likeness (QED) is 0.0522. The fraction of sp³-hybridized carbons (Fsp3) is 0.585. The first-order valence-corrected chi connectivity index (χ1v) is 31.2. The predicted octanol–water partition coefficient (Wildman–Crippen LogP) is 8.05. The Morgan fingerprint density at radius 2 is 1.38 bits per heavy atom. The lowest BCUT2D eigenvalue weighted by atomic mass is 9.83. The zero-order chi connectivity index (χ0) is 62.6. The molecule has 0 spiro atoms. The Morgan fingerprint density at radius 1 is 0.736 bits per heavy atom. The molecule has 6 aliphatic rings. The van der Waals surface area contributed by atoms with Crippen LogP contribution in [0, 0.1) is 23.5 Å². The van der Waals surface area contributed by atoms with Crippen molar-refractivity contribution in [3.63, 3.8) is 0 Å². The highest BCUT2D eigenvalue weighted by molar-refractivity contribution is 5.98. The van der Waals surface area contributed by atoms with Crippen molar-refractivity contribution in [1.29, 1.82) is 0 Å². The number of aromatic amines is 1. The number of likely N-dealkylation sites (tertiary alicyclic amines) is 3. The number of nitrogens with zero attached hydrogens (tertiary/aromatic N) is 6. The molecule has 474 valence electrons. The summed E-state index contributed by atoms with van der Waals surface area (Å²) >= 11 is 0. The first-order chi connectivity index (χ1) is 42.0. The van der Waals surface area contributed by atoms with Crippen LogP contribution in [0.25, 0.3) is 10.8 Å². The van der Waals surface area contributed by atoms with Gasteiger partial charge in [0, 0.05) is 96.1 Å². The van der Waals surface area contributed by atoms with E-state index in [1.807, 2.05) is 25.8 Å². The summed E-state index contributed by atoms with van der Waals surface area (Å²) in [6.45, 7) is 13.3. The maximum Gasteiger partial charge on any atom is 0.272 e. The highest BCUT2D eigenvalue weighted by Crippen LogP contribution is 2.50. The van der Waals surface area contributed by atoms with Gasteiger partial charge in [-0.05, 0) is 99.1 Å². The molecule has 5 heterocycles. The van der Waals surface area contributed by atoms with Crippen LogP contribution >= 0.6 is 0 Å². The number of hydrogen-bond acceptors (Lipinski definition) is 11. The van der Waals surface area contributed by atoms with Crippen LogP contribution in [0.5, 0.6) is 0 Å². The Bertz CT molecular complexity index is 3010. The van der Waals surface area contributed by atoms with Gasteiger partial charge in [-0.3, -0.25) is 38.5 Å². The van der Waals surface area contributed by atoms with E-state index >= 15 is 8.78 Å². The van der Waals surface area contributed by atoms with Crippen LogP contribution in [0.4, 0.5) is 17.6 Å². The zero-order valence-corrected chi connectivity index (χ0v) is 50.7. The summed E-state index contributed by atoms with van der Waals surface area (Å²) in [5.41, 5.74) is 1.01. The van der Waals surface area contributed by atoms with Gasteiger partial charge in [-0.25, -0.2) is 22.7 Å². The Hall–Kier alpha value is -7.07. The first kappa shape index (κ1) is 67.4. The normalized spacial score (nSPS) is 20.3. The molecule has 3 aromatic carbocycles. The zero-order valence-electron chi connectivity index (χ0n) is 50.7.